The molecule has 0 amide bonds. The Hall–Kier alpha value is -0.970. The zero-order chi connectivity index (χ0) is 14.4. The third-order valence-electron chi connectivity index (χ3n) is 4.39. The molecule has 3 nitrogen and oxygen atoms in total. The van der Waals surface area contributed by atoms with Crippen molar-refractivity contribution in [3.63, 3.8) is 0 Å². The first-order valence-electron chi connectivity index (χ1n) is 7.48. The van der Waals surface area contributed by atoms with Crippen LogP contribution in [0.3, 0.4) is 0 Å². The van der Waals surface area contributed by atoms with Gasteiger partial charge < -0.3 is 4.74 Å². The van der Waals surface area contributed by atoms with E-state index in [-0.39, 0.29) is 18.0 Å². The van der Waals surface area contributed by atoms with Gasteiger partial charge in [-0.05, 0) is 36.8 Å². The number of hydrogen-bond acceptors (Lipinski definition) is 3. The summed E-state index contributed by atoms with van der Waals surface area (Å²) in [4.78, 5) is 0. The predicted octanol–water partition coefficient (Wildman–Crippen LogP) is 2.80. The van der Waals surface area contributed by atoms with E-state index >= 15 is 0 Å². The van der Waals surface area contributed by atoms with Gasteiger partial charge in [0.05, 0.1) is 12.1 Å². The van der Waals surface area contributed by atoms with Gasteiger partial charge in [-0.3, -0.25) is 11.3 Å². The highest BCUT2D eigenvalue weighted by atomic mass is 19.1. The second kappa shape index (κ2) is 7.72. The highest BCUT2D eigenvalue weighted by Gasteiger charge is 2.30. The molecule has 0 radical (unpaired) electrons. The van der Waals surface area contributed by atoms with Gasteiger partial charge in [-0.1, -0.05) is 37.5 Å². The largest absolute Gasteiger partial charge is 0.379 e. The van der Waals surface area contributed by atoms with Gasteiger partial charge in [0.1, 0.15) is 5.82 Å². The summed E-state index contributed by atoms with van der Waals surface area (Å²) in [6.45, 7) is 0. The summed E-state index contributed by atoms with van der Waals surface area (Å²) in [6, 6.07) is 6.81. The number of benzene rings is 1. The average Bonchev–Trinajstić information content (AvgIpc) is 2.50. The standard InChI is InChI=1S/C16H25FN2O/c1-20-16(12-7-3-2-4-8-12)15(19-18)11-13-9-5-6-10-14(13)17/h5-6,9-10,12,15-16,19H,2-4,7-8,11,18H2,1H3. The zero-order valence-electron chi connectivity index (χ0n) is 12.1. The van der Waals surface area contributed by atoms with Crippen LogP contribution in [0.5, 0.6) is 0 Å². The Labute approximate surface area is 120 Å². The molecule has 2 unspecified atom stereocenters. The molecule has 0 saturated heterocycles. The lowest BCUT2D eigenvalue weighted by Gasteiger charge is -2.34. The Kier molecular flexibility index (Phi) is 5.95. The van der Waals surface area contributed by atoms with E-state index in [9.17, 15) is 4.39 Å². The van der Waals surface area contributed by atoms with E-state index in [2.05, 4.69) is 5.43 Å². The summed E-state index contributed by atoms with van der Waals surface area (Å²) in [5.74, 6) is 6.04. The Morgan fingerprint density at radius 1 is 1.30 bits per heavy atom. The Morgan fingerprint density at radius 3 is 2.60 bits per heavy atom. The molecule has 2 rings (SSSR count). The molecule has 1 aliphatic carbocycles. The summed E-state index contributed by atoms with van der Waals surface area (Å²) < 4.78 is 19.5. The van der Waals surface area contributed by atoms with E-state index in [0.717, 1.165) is 0 Å². The minimum absolute atomic E-state index is 0.0416. The van der Waals surface area contributed by atoms with Gasteiger partial charge >= 0.3 is 0 Å². The highest BCUT2D eigenvalue weighted by molar-refractivity contribution is 5.18. The van der Waals surface area contributed by atoms with E-state index in [1.54, 1.807) is 13.2 Å². The van der Waals surface area contributed by atoms with Crippen molar-refractivity contribution < 1.29 is 9.13 Å². The molecule has 0 aromatic heterocycles. The summed E-state index contributed by atoms with van der Waals surface area (Å²) in [5.41, 5.74) is 3.52. The molecule has 4 heteroatoms. The minimum Gasteiger partial charge on any atom is -0.379 e. The van der Waals surface area contributed by atoms with Gasteiger partial charge in [-0.2, -0.15) is 0 Å². The van der Waals surface area contributed by atoms with E-state index < -0.39 is 0 Å². The molecule has 1 aromatic rings. The molecule has 0 heterocycles. The van der Waals surface area contributed by atoms with Gasteiger partial charge in [0, 0.05) is 7.11 Å². The number of nitrogens with one attached hydrogen (secondary N) is 1. The van der Waals surface area contributed by atoms with E-state index in [0.29, 0.717) is 17.9 Å². The fourth-order valence-electron chi connectivity index (χ4n) is 3.32. The van der Waals surface area contributed by atoms with Crippen LogP contribution in [0.2, 0.25) is 0 Å². The lowest BCUT2D eigenvalue weighted by atomic mass is 9.81. The second-order valence-electron chi connectivity index (χ2n) is 5.67. The van der Waals surface area contributed by atoms with Crippen LogP contribution in [-0.4, -0.2) is 19.3 Å². The number of hydrazine groups is 1. The zero-order valence-corrected chi connectivity index (χ0v) is 12.1. The number of halogens is 1. The molecule has 1 saturated carbocycles. The molecule has 0 aliphatic heterocycles. The number of ether oxygens (including phenoxy) is 1. The molecule has 3 N–H and O–H groups in total. The monoisotopic (exact) mass is 280 g/mol. The fraction of sp³-hybridized carbons (Fsp3) is 0.625. The first-order valence-corrected chi connectivity index (χ1v) is 7.48. The average molecular weight is 280 g/mol. The molecule has 1 aromatic carbocycles. The van der Waals surface area contributed by atoms with Gasteiger partial charge in [-0.15, -0.1) is 0 Å². The lowest BCUT2D eigenvalue weighted by Crippen LogP contribution is -2.50. The van der Waals surface area contributed by atoms with E-state index in [4.69, 9.17) is 10.6 Å². The van der Waals surface area contributed by atoms with Crippen LogP contribution in [0.4, 0.5) is 4.39 Å². The summed E-state index contributed by atoms with van der Waals surface area (Å²) in [5, 5.41) is 0. The minimum atomic E-state index is -0.175. The van der Waals surface area contributed by atoms with E-state index in [1.165, 1.54) is 38.2 Å². The van der Waals surface area contributed by atoms with Crippen LogP contribution in [0.1, 0.15) is 37.7 Å². The highest BCUT2D eigenvalue weighted by Crippen LogP contribution is 2.30. The molecule has 1 fully saturated rings. The van der Waals surface area contributed by atoms with Crippen LogP contribution in [0, 0.1) is 11.7 Å². The number of methoxy groups -OCH3 is 1. The number of rotatable bonds is 6. The van der Waals surface area contributed by atoms with Crippen LogP contribution < -0.4 is 11.3 Å². The second-order valence-corrected chi connectivity index (χ2v) is 5.67. The third-order valence-corrected chi connectivity index (χ3v) is 4.39. The maximum absolute atomic E-state index is 13.8. The Balaban J connectivity index is 2.06. The molecule has 1 aliphatic rings. The van der Waals surface area contributed by atoms with Crippen molar-refractivity contribution >= 4 is 0 Å². The van der Waals surface area contributed by atoms with Crippen LogP contribution in [0.25, 0.3) is 0 Å². The van der Waals surface area contributed by atoms with Crippen molar-refractivity contribution in [3.8, 4) is 0 Å². The maximum Gasteiger partial charge on any atom is 0.126 e. The van der Waals surface area contributed by atoms with Gasteiger partial charge in [0.2, 0.25) is 0 Å². The lowest BCUT2D eigenvalue weighted by molar-refractivity contribution is 0.00810. The Morgan fingerprint density at radius 2 is 2.00 bits per heavy atom. The van der Waals surface area contributed by atoms with Gasteiger partial charge in [0.25, 0.3) is 0 Å². The number of nitrogens with two attached hydrogens (primary N) is 1. The van der Waals surface area contributed by atoms with Gasteiger partial charge in [0.15, 0.2) is 0 Å². The smallest absolute Gasteiger partial charge is 0.126 e. The van der Waals surface area contributed by atoms with Crippen molar-refractivity contribution in [3.05, 3.63) is 35.6 Å². The van der Waals surface area contributed by atoms with Crippen molar-refractivity contribution in [2.45, 2.75) is 50.7 Å². The molecular formula is C16H25FN2O. The third kappa shape index (κ3) is 3.78. The quantitative estimate of drug-likeness (QED) is 0.622. The van der Waals surface area contributed by atoms with Crippen LogP contribution >= 0.6 is 0 Å². The van der Waals surface area contributed by atoms with Crippen molar-refractivity contribution in [2.24, 2.45) is 11.8 Å². The van der Waals surface area contributed by atoms with Crippen LogP contribution in [-0.2, 0) is 11.2 Å². The van der Waals surface area contributed by atoms with Crippen molar-refractivity contribution in [1.82, 2.24) is 5.43 Å². The predicted molar refractivity (Wildman–Crippen MR) is 78.6 cm³/mol. The summed E-state index contributed by atoms with van der Waals surface area (Å²) in [7, 11) is 1.73. The summed E-state index contributed by atoms with van der Waals surface area (Å²) >= 11 is 0. The molecular weight excluding hydrogens is 255 g/mol. The first-order chi connectivity index (χ1) is 9.76. The number of hydrogen-bond donors (Lipinski definition) is 2. The SMILES string of the molecule is COC(C1CCCCC1)C(Cc1ccccc1F)NN. The topological polar surface area (TPSA) is 47.3 Å². The molecule has 0 bridgehead atoms. The molecule has 112 valence electrons. The molecule has 2 atom stereocenters. The van der Waals surface area contributed by atoms with Crippen molar-refractivity contribution in [2.75, 3.05) is 7.11 Å². The van der Waals surface area contributed by atoms with Crippen LogP contribution in [0.15, 0.2) is 24.3 Å². The first kappa shape index (κ1) is 15.4. The molecule has 20 heavy (non-hydrogen) atoms. The Bertz CT molecular complexity index is 407. The fourth-order valence-corrected chi connectivity index (χ4v) is 3.32. The van der Waals surface area contributed by atoms with Crippen molar-refractivity contribution in [1.29, 1.82) is 0 Å². The normalized spacial score (nSPS) is 19.8. The van der Waals surface area contributed by atoms with Gasteiger partial charge in [-0.25, -0.2) is 4.39 Å². The molecule has 0 spiro atoms. The summed E-state index contributed by atoms with van der Waals surface area (Å²) in [6.07, 6.45) is 6.75. The maximum atomic E-state index is 13.8. The van der Waals surface area contributed by atoms with E-state index in [1.807, 2.05) is 12.1 Å².